The Labute approximate surface area is 90.5 Å². The molecule has 0 amide bonds. The van der Waals surface area contributed by atoms with E-state index in [0.29, 0.717) is 0 Å². The van der Waals surface area contributed by atoms with Crippen LogP contribution in [-0.2, 0) is 9.53 Å². The third-order valence-corrected chi connectivity index (χ3v) is 2.08. The Kier molecular flexibility index (Phi) is 3.45. The summed E-state index contributed by atoms with van der Waals surface area (Å²) in [5.41, 5.74) is 0.861. The van der Waals surface area contributed by atoms with Crippen molar-refractivity contribution in [2.24, 2.45) is 5.41 Å². The first-order chi connectivity index (χ1) is 6.91. The van der Waals surface area contributed by atoms with Crippen LogP contribution in [0.25, 0.3) is 0 Å². The molecule has 1 aromatic rings. The summed E-state index contributed by atoms with van der Waals surface area (Å²) in [4.78, 5) is 15.0. The number of carbonyl (C=O) groups is 1. The third-order valence-electron chi connectivity index (χ3n) is 2.08. The van der Waals surface area contributed by atoms with Crippen molar-refractivity contribution in [1.29, 1.82) is 0 Å². The van der Waals surface area contributed by atoms with E-state index in [-0.39, 0.29) is 17.5 Å². The van der Waals surface area contributed by atoms with Gasteiger partial charge in [0.05, 0.1) is 0 Å². The summed E-state index contributed by atoms with van der Waals surface area (Å²) in [5, 5.41) is 0. The quantitative estimate of drug-likeness (QED) is 0.700. The van der Waals surface area contributed by atoms with Crippen molar-refractivity contribution >= 4 is 5.97 Å². The summed E-state index contributed by atoms with van der Waals surface area (Å²) in [6.45, 7) is 7.56. The molecule has 0 aliphatic carbocycles. The van der Waals surface area contributed by atoms with Crippen LogP contribution in [0.2, 0.25) is 0 Å². The molecule has 1 unspecified atom stereocenters. The van der Waals surface area contributed by atoms with Crippen molar-refractivity contribution in [3.05, 3.63) is 30.1 Å². The van der Waals surface area contributed by atoms with E-state index < -0.39 is 0 Å². The fourth-order valence-corrected chi connectivity index (χ4v) is 1.45. The molecule has 0 saturated heterocycles. The number of nitrogens with zero attached hydrogens (tertiary/aromatic N) is 1. The number of rotatable bonds is 2. The van der Waals surface area contributed by atoms with Crippen LogP contribution in [0.4, 0.5) is 0 Å². The maximum atomic E-state index is 11.0. The van der Waals surface area contributed by atoms with Gasteiger partial charge in [-0.25, -0.2) is 0 Å². The molecule has 0 N–H and O–H groups in total. The zero-order valence-electron chi connectivity index (χ0n) is 9.65. The second-order valence-corrected chi connectivity index (χ2v) is 4.64. The molecule has 1 heterocycles. The minimum Gasteiger partial charge on any atom is -0.457 e. The molecule has 1 rings (SSSR count). The highest BCUT2D eigenvalue weighted by Crippen LogP contribution is 2.35. The standard InChI is InChI=1S/C12H17NO2/c1-9(14)15-11(12(2,3)4)10-5-7-13-8-6-10/h5-8,11H,1-4H3. The third kappa shape index (κ3) is 3.35. The SMILES string of the molecule is CC(=O)OC(c1ccncc1)C(C)(C)C. The second-order valence-electron chi connectivity index (χ2n) is 4.64. The number of hydrogen-bond donors (Lipinski definition) is 0. The molecule has 3 heteroatoms. The first-order valence-corrected chi connectivity index (χ1v) is 4.98. The van der Waals surface area contributed by atoms with Gasteiger partial charge >= 0.3 is 5.97 Å². The van der Waals surface area contributed by atoms with Gasteiger partial charge in [0, 0.05) is 24.7 Å². The molecule has 1 aromatic heterocycles. The number of pyridine rings is 1. The second kappa shape index (κ2) is 4.43. The van der Waals surface area contributed by atoms with E-state index in [1.165, 1.54) is 6.92 Å². The van der Waals surface area contributed by atoms with Gasteiger partial charge < -0.3 is 4.74 Å². The van der Waals surface area contributed by atoms with Gasteiger partial charge in [0.2, 0.25) is 0 Å². The van der Waals surface area contributed by atoms with E-state index in [1.807, 2.05) is 32.9 Å². The Bertz CT molecular complexity index is 327. The average molecular weight is 207 g/mol. The highest BCUT2D eigenvalue weighted by Gasteiger charge is 2.28. The summed E-state index contributed by atoms with van der Waals surface area (Å²) < 4.78 is 5.33. The number of esters is 1. The number of ether oxygens (including phenoxy) is 1. The lowest BCUT2D eigenvalue weighted by molar-refractivity contribution is -0.152. The lowest BCUT2D eigenvalue weighted by Crippen LogP contribution is -2.23. The van der Waals surface area contributed by atoms with Crippen molar-refractivity contribution in [3.8, 4) is 0 Å². The summed E-state index contributed by atoms with van der Waals surface area (Å²) in [5.74, 6) is -0.258. The Hall–Kier alpha value is -1.38. The maximum absolute atomic E-state index is 11.0. The zero-order chi connectivity index (χ0) is 11.5. The van der Waals surface area contributed by atoms with Gasteiger partial charge in [-0.3, -0.25) is 9.78 Å². The molecule has 0 bridgehead atoms. The number of carbonyl (C=O) groups excluding carboxylic acids is 1. The van der Waals surface area contributed by atoms with Crippen LogP contribution >= 0.6 is 0 Å². The van der Waals surface area contributed by atoms with Gasteiger partial charge in [-0.2, -0.15) is 0 Å². The van der Waals surface area contributed by atoms with E-state index in [4.69, 9.17) is 4.74 Å². The highest BCUT2D eigenvalue weighted by atomic mass is 16.5. The van der Waals surface area contributed by atoms with Crippen LogP contribution < -0.4 is 0 Å². The molecule has 3 nitrogen and oxygen atoms in total. The molecule has 0 aliphatic heterocycles. The van der Waals surface area contributed by atoms with Crippen LogP contribution in [-0.4, -0.2) is 11.0 Å². The predicted molar refractivity (Wildman–Crippen MR) is 58.2 cm³/mol. The Morgan fingerprint density at radius 1 is 1.33 bits per heavy atom. The molecular formula is C12H17NO2. The van der Waals surface area contributed by atoms with Gasteiger partial charge in [-0.15, -0.1) is 0 Å². The van der Waals surface area contributed by atoms with Gasteiger partial charge in [0.1, 0.15) is 6.10 Å². The van der Waals surface area contributed by atoms with Crippen molar-refractivity contribution in [3.63, 3.8) is 0 Å². The first kappa shape index (κ1) is 11.7. The van der Waals surface area contributed by atoms with Crippen molar-refractivity contribution < 1.29 is 9.53 Å². The van der Waals surface area contributed by atoms with Gasteiger partial charge in [0.15, 0.2) is 0 Å². The van der Waals surface area contributed by atoms with Crippen LogP contribution in [0.3, 0.4) is 0 Å². The molecule has 0 spiro atoms. The van der Waals surface area contributed by atoms with Crippen molar-refractivity contribution in [2.75, 3.05) is 0 Å². The molecule has 0 fully saturated rings. The Morgan fingerprint density at radius 2 is 1.87 bits per heavy atom. The van der Waals surface area contributed by atoms with E-state index in [2.05, 4.69) is 4.98 Å². The smallest absolute Gasteiger partial charge is 0.303 e. The minimum absolute atomic E-state index is 0.118. The fraction of sp³-hybridized carbons (Fsp3) is 0.500. The summed E-state index contributed by atoms with van der Waals surface area (Å²) in [6.07, 6.45) is 3.19. The number of hydrogen-bond acceptors (Lipinski definition) is 3. The van der Waals surface area contributed by atoms with E-state index >= 15 is 0 Å². The van der Waals surface area contributed by atoms with Crippen LogP contribution in [0, 0.1) is 5.41 Å². The van der Waals surface area contributed by atoms with E-state index in [1.54, 1.807) is 12.4 Å². The van der Waals surface area contributed by atoms with Gasteiger partial charge in [0.25, 0.3) is 0 Å². The molecule has 0 radical (unpaired) electrons. The first-order valence-electron chi connectivity index (χ1n) is 4.98. The minimum atomic E-state index is -0.258. The topological polar surface area (TPSA) is 39.2 Å². The molecule has 15 heavy (non-hydrogen) atoms. The Morgan fingerprint density at radius 3 is 2.27 bits per heavy atom. The van der Waals surface area contributed by atoms with E-state index in [0.717, 1.165) is 5.56 Å². The van der Waals surface area contributed by atoms with Crippen LogP contribution in [0.5, 0.6) is 0 Å². The highest BCUT2D eigenvalue weighted by molar-refractivity contribution is 5.66. The lowest BCUT2D eigenvalue weighted by Gasteiger charge is -2.30. The van der Waals surface area contributed by atoms with Crippen LogP contribution in [0.1, 0.15) is 39.4 Å². The van der Waals surface area contributed by atoms with E-state index in [9.17, 15) is 4.79 Å². The summed E-state index contributed by atoms with van der Waals surface area (Å²) >= 11 is 0. The average Bonchev–Trinajstić information content (AvgIpc) is 2.14. The fourth-order valence-electron chi connectivity index (χ4n) is 1.45. The largest absolute Gasteiger partial charge is 0.457 e. The molecule has 1 atom stereocenters. The molecule has 0 aliphatic rings. The number of aromatic nitrogens is 1. The zero-order valence-corrected chi connectivity index (χ0v) is 9.65. The van der Waals surface area contributed by atoms with Crippen molar-refractivity contribution in [2.45, 2.75) is 33.8 Å². The normalized spacial score (nSPS) is 13.3. The Balaban J connectivity index is 2.97. The predicted octanol–water partition coefficient (Wildman–Crippen LogP) is 2.73. The van der Waals surface area contributed by atoms with Crippen molar-refractivity contribution in [1.82, 2.24) is 4.98 Å². The molecule has 0 aromatic carbocycles. The van der Waals surface area contributed by atoms with Gasteiger partial charge in [-0.05, 0) is 17.7 Å². The van der Waals surface area contributed by atoms with Gasteiger partial charge in [-0.1, -0.05) is 20.8 Å². The molecular weight excluding hydrogens is 190 g/mol. The maximum Gasteiger partial charge on any atom is 0.303 e. The summed E-state index contributed by atoms with van der Waals surface area (Å²) in [6, 6.07) is 3.75. The summed E-state index contributed by atoms with van der Waals surface area (Å²) in [7, 11) is 0. The van der Waals surface area contributed by atoms with Crippen LogP contribution in [0.15, 0.2) is 24.5 Å². The molecule has 82 valence electrons. The monoisotopic (exact) mass is 207 g/mol. The lowest BCUT2D eigenvalue weighted by atomic mass is 9.85. The molecule has 0 saturated carbocycles.